The van der Waals surface area contributed by atoms with Crippen LogP contribution in [0.4, 0.5) is 0 Å². The van der Waals surface area contributed by atoms with Gasteiger partial charge in [-0.1, -0.05) is 4.49 Å². The zero-order valence-electron chi connectivity index (χ0n) is 9.93. The Labute approximate surface area is 111 Å². The van der Waals surface area contributed by atoms with Crippen molar-refractivity contribution in [3.63, 3.8) is 0 Å². The Morgan fingerprint density at radius 1 is 1.42 bits per heavy atom. The van der Waals surface area contributed by atoms with Gasteiger partial charge in [-0.15, -0.1) is 5.10 Å². The molecule has 1 aliphatic rings. The average molecular weight is 274 g/mol. The molecule has 0 aromatic carbocycles. The van der Waals surface area contributed by atoms with Crippen molar-refractivity contribution in [2.24, 2.45) is 0 Å². The van der Waals surface area contributed by atoms with Crippen LogP contribution >= 0.6 is 11.5 Å². The monoisotopic (exact) mass is 274 g/mol. The van der Waals surface area contributed by atoms with E-state index in [-0.39, 0.29) is 5.56 Å². The number of nitrogens with zero attached hydrogens (tertiary/aromatic N) is 6. The van der Waals surface area contributed by atoms with Crippen molar-refractivity contribution < 1.29 is 0 Å². The fourth-order valence-corrected chi connectivity index (χ4v) is 2.54. The first-order chi connectivity index (χ1) is 9.33. The topological polar surface area (TPSA) is 78.5 Å². The maximum Gasteiger partial charge on any atom is 0.264 e. The van der Waals surface area contributed by atoms with Gasteiger partial charge in [-0.2, -0.15) is 5.10 Å². The molecule has 3 aromatic heterocycles. The van der Waals surface area contributed by atoms with Gasteiger partial charge < -0.3 is 0 Å². The van der Waals surface area contributed by atoms with Crippen LogP contribution in [0, 0.1) is 0 Å². The van der Waals surface area contributed by atoms with Crippen LogP contribution in [-0.2, 0) is 6.54 Å². The fraction of sp³-hybridized carbons (Fsp3) is 0.364. The van der Waals surface area contributed by atoms with Gasteiger partial charge in [0.1, 0.15) is 11.7 Å². The maximum absolute atomic E-state index is 12.3. The van der Waals surface area contributed by atoms with Gasteiger partial charge in [-0.3, -0.25) is 9.36 Å². The van der Waals surface area contributed by atoms with Crippen LogP contribution in [0.25, 0.3) is 11.0 Å². The molecule has 19 heavy (non-hydrogen) atoms. The zero-order chi connectivity index (χ0) is 12.8. The minimum absolute atomic E-state index is 0.0788. The fourth-order valence-electron chi connectivity index (χ4n) is 2.09. The highest BCUT2D eigenvalue weighted by atomic mass is 32.1. The number of hydrogen-bond donors (Lipinski definition) is 0. The van der Waals surface area contributed by atoms with Crippen molar-refractivity contribution >= 4 is 22.6 Å². The molecule has 1 saturated carbocycles. The molecule has 1 aliphatic carbocycles. The first-order valence-corrected chi connectivity index (χ1v) is 6.85. The van der Waals surface area contributed by atoms with E-state index < -0.39 is 0 Å². The lowest BCUT2D eigenvalue weighted by molar-refractivity contribution is 0.654. The molecule has 96 valence electrons. The number of fused-ring (bicyclic) bond motifs is 1. The second-order valence-electron chi connectivity index (χ2n) is 4.63. The Bertz CT molecular complexity index is 785. The quantitative estimate of drug-likeness (QED) is 0.706. The lowest BCUT2D eigenvalue weighted by atomic mass is 10.4. The summed E-state index contributed by atoms with van der Waals surface area (Å²) in [5.41, 5.74) is 1.37. The van der Waals surface area contributed by atoms with Crippen LogP contribution in [-0.4, -0.2) is 28.9 Å². The first kappa shape index (κ1) is 10.8. The summed E-state index contributed by atoms with van der Waals surface area (Å²) >= 11 is 1.27. The Hall–Kier alpha value is -2.09. The van der Waals surface area contributed by atoms with Gasteiger partial charge in [0.2, 0.25) is 0 Å². The molecule has 0 atom stereocenters. The molecule has 0 radical (unpaired) electrons. The third-order valence-corrected chi connectivity index (χ3v) is 3.76. The smallest absolute Gasteiger partial charge is 0.264 e. The summed E-state index contributed by atoms with van der Waals surface area (Å²) in [6.07, 6.45) is 5.40. The molecule has 3 heterocycles. The first-order valence-electron chi connectivity index (χ1n) is 6.01. The van der Waals surface area contributed by atoms with Crippen LogP contribution in [0.3, 0.4) is 0 Å². The van der Waals surface area contributed by atoms with E-state index in [1.54, 1.807) is 12.5 Å². The molecular formula is C11H10N6OS. The summed E-state index contributed by atoms with van der Waals surface area (Å²) in [7, 11) is 0. The Kier molecular flexibility index (Phi) is 2.25. The normalized spacial score (nSPS) is 15.2. The molecule has 0 saturated heterocycles. The molecule has 0 aliphatic heterocycles. The average Bonchev–Trinajstić information content (AvgIpc) is 2.97. The lowest BCUT2D eigenvalue weighted by Gasteiger charge is -2.03. The molecule has 0 spiro atoms. The summed E-state index contributed by atoms with van der Waals surface area (Å²) in [4.78, 5) is 16.7. The SMILES string of the molecule is O=c1c2cnn(C3CC3)c2ncn1Cc1csnn1. The highest BCUT2D eigenvalue weighted by Crippen LogP contribution is 2.35. The summed E-state index contributed by atoms with van der Waals surface area (Å²) in [6, 6.07) is 0.419. The highest BCUT2D eigenvalue weighted by Gasteiger charge is 2.27. The van der Waals surface area contributed by atoms with Crippen LogP contribution in [0.1, 0.15) is 24.6 Å². The van der Waals surface area contributed by atoms with Crippen LogP contribution < -0.4 is 5.56 Å². The molecule has 7 nitrogen and oxygen atoms in total. The van der Waals surface area contributed by atoms with E-state index in [4.69, 9.17) is 0 Å². The number of rotatable bonds is 3. The van der Waals surface area contributed by atoms with E-state index in [2.05, 4.69) is 19.7 Å². The standard InChI is InChI=1S/C11H10N6OS/c18-11-9-3-13-17(8-1-2-8)10(9)12-6-16(11)4-7-5-19-15-14-7/h3,5-6,8H,1-2,4H2. The van der Waals surface area contributed by atoms with Crippen molar-refractivity contribution in [3.8, 4) is 0 Å². The second-order valence-corrected chi connectivity index (χ2v) is 5.24. The van der Waals surface area contributed by atoms with E-state index in [1.165, 1.54) is 16.1 Å². The maximum atomic E-state index is 12.3. The zero-order valence-corrected chi connectivity index (χ0v) is 10.7. The Morgan fingerprint density at radius 3 is 3.05 bits per heavy atom. The summed E-state index contributed by atoms with van der Waals surface area (Å²) < 4.78 is 7.18. The molecule has 8 heteroatoms. The van der Waals surface area contributed by atoms with E-state index in [1.807, 2.05) is 10.1 Å². The largest absolute Gasteiger partial charge is 0.292 e. The molecule has 1 fully saturated rings. The van der Waals surface area contributed by atoms with E-state index in [9.17, 15) is 4.79 Å². The van der Waals surface area contributed by atoms with E-state index in [0.717, 1.165) is 18.5 Å². The van der Waals surface area contributed by atoms with Crippen LogP contribution in [0.15, 0.2) is 22.7 Å². The van der Waals surface area contributed by atoms with Gasteiger partial charge in [-0.25, -0.2) is 9.67 Å². The van der Waals surface area contributed by atoms with Crippen molar-refractivity contribution in [1.82, 2.24) is 28.9 Å². The van der Waals surface area contributed by atoms with Crippen molar-refractivity contribution in [2.45, 2.75) is 25.4 Å². The van der Waals surface area contributed by atoms with Crippen LogP contribution in [0.2, 0.25) is 0 Å². The molecule has 3 aromatic rings. The number of aromatic nitrogens is 6. The van der Waals surface area contributed by atoms with Gasteiger partial charge in [0, 0.05) is 5.38 Å². The molecule has 0 unspecified atom stereocenters. The van der Waals surface area contributed by atoms with Crippen molar-refractivity contribution in [2.75, 3.05) is 0 Å². The highest BCUT2D eigenvalue weighted by molar-refractivity contribution is 7.03. The van der Waals surface area contributed by atoms with Gasteiger partial charge in [0.25, 0.3) is 5.56 Å². The van der Waals surface area contributed by atoms with Crippen molar-refractivity contribution in [1.29, 1.82) is 0 Å². The van der Waals surface area contributed by atoms with Gasteiger partial charge >= 0.3 is 0 Å². The van der Waals surface area contributed by atoms with Gasteiger partial charge in [-0.05, 0) is 24.4 Å². The molecule has 0 amide bonds. The summed E-state index contributed by atoms with van der Waals surface area (Å²) in [5, 5.41) is 10.6. The third kappa shape index (κ3) is 1.75. The van der Waals surface area contributed by atoms with E-state index >= 15 is 0 Å². The van der Waals surface area contributed by atoms with E-state index in [0.29, 0.717) is 23.6 Å². The second kappa shape index (κ2) is 3.95. The van der Waals surface area contributed by atoms with Crippen LogP contribution in [0.5, 0.6) is 0 Å². The minimum Gasteiger partial charge on any atom is -0.292 e. The molecule has 4 rings (SSSR count). The van der Waals surface area contributed by atoms with Crippen molar-refractivity contribution in [3.05, 3.63) is 34.0 Å². The summed E-state index contributed by atoms with van der Waals surface area (Å²) in [6.45, 7) is 0.396. The third-order valence-electron chi connectivity index (χ3n) is 3.21. The lowest BCUT2D eigenvalue weighted by Crippen LogP contribution is -2.21. The molecule has 0 bridgehead atoms. The number of hydrogen-bond acceptors (Lipinski definition) is 6. The minimum atomic E-state index is -0.0788. The molecule has 0 N–H and O–H groups in total. The molecular weight excluding hydrogens is 264 g/mol. The van der Waals surface area contributed by atoms with Gasteiger partial charge in [0.15, 0.2) is 5.65 Å². The van der Waals surface area contributed by atoms with Gasteiger partial charge in [0.05, 0.1) is 24.5 Å². The predicted octanol–water partition coefficient (Wildman–Crippen LogP) is 0.828. The summed E-state index contributed by atoms with van der Waals surface area (Å²) in [5.74, 6) is 0. The Morgan fingerprint density at radius 2 is 2.32 bits per heavy atom. The Balaban J connectivity index is 1.81. The predicted molar refractivity (Wildman–Crippen MR) is 69.1 cm³/mol.